The van der Waals surface area contributed by atoms with Crippen LogP contribution in [0.5, 0.6) is 0 Å². The fraction of sp³-hybridized carbons (Fsp3) is 0.567. The zero-order valence-electron chi connectivity index (χ0n) is 23.1. The predicted octanol–water partition coefficient (Wildman–Crippen LogP) is 11.4. The van der Waals surface area contributed by atoms with Crippen LogP contribution in [0.3, 0.4) is 0 Å². The lowest BCUT2D eigenvalue weighted by atomic mass is 10.2. The van der Waals surface area contributed by atoms with Crippen molar-refractivity contribution in [3.05, 3.63) is 72.1 Å². The fourth-order valence-electron chi connectivity index (χ4n) is 1.12. The third-order valence-electron chi connectivity index (χ3n) is 3.07. The van der Waals surface area contributed by atoms with Crippen LogP contribution >= 0.6 is 0 Å². The summed E-state index contributed by atoms with van der Waals surface area (Å²) in [7, 11) is 0. The zero-order valence-corrected chi connectivity index (χ0v) is 23.1. The molecule has 2 aromatic rings. The molecule has 0 fully saturated rings. The lowest BCUT2D eigenvalue weighted by Crippen LogP contribution is -1.79. The molecule has 3 heteroatoms. The normalized spacial score (nSPS) is 6.55. The summed E-state index contributed by atoms with van der Waals surface area (Å²) in [5, 5.41) is 0. The van der Waals surface area contributed by atoms with E-state index >= 15 is 0 Å². The number of nitrogens with two attached hydrogens (primary N) is 1. The lowest BCUT2D eigenvalue weighted by molar-refractivity contribution is 0.772. The minimum atomic E-state index is 0. The van der Waals surface area contributed by atoms with Crippen molar-refractivity contribution >= 4 is 5.69 Å². The SMILES string of the molecule is C.C.CC.CC.CC.CC(C)=C(C)C.CCCCC.N.Nc1ccccc1.c1ccncc1. The number of pyridine rings is 1. The summed E-state index contributed by atoms with van der Waals surface area (Å²) < 4.78 is 0. The molecule has 0 bridgehead atoms. The molecule has 0 amide bonds. The molecule has 33 heavy (non-hydrogen) atoms. The molecule has 3 nitrogen and oxygen atoms in total. The van der Waals surface area contributed by atoms with Crippen LogP contribution < -0.4 is 11.9 Å². The van der Waals surface area contributed by atoms with Gasteiger partial charge in [-0.3, -0.25) is 4.98 Å². The number of allylic oxidation sites excluding steroid dienone is 2. The first-order chi connectivity index (χ1) is 14.5. The molecule has 200 valence electrons. The minimum absolute atomic E-state index is 0. The molecule has 0 unspecified atom stereocenters. The number of aromatic nitrogens is 1. The molecule has 5 N–H and O–H groups in total. The van der Waals surface area contributed by atoms with Crippen LogP contribution in [0, 0.1) is 0 Å². The Labute approximate surface area is 211 Å². The molecule has 0 aliphatic heterocycles. The molecule has 0 spiro atoms. The van der Waals surface area contributed by atoms with E-state index in [1.807, 2.05) is 90.1 Å². The lowest BCUT2D eigenvalue weighted by Gasteiger charge is -1.88. The van der Waals surface area contributed by atoms with Gasteiger partial charge in [-0.15, -0.1) is 0 Å². The number of unbranched alkanes of at least 4 members (excludes halogenated alkanes) is 2. The number of nitrogen functional groups attached to an aromatic ring is 1. The highest BCUT2D eigenvalue weighted by molar-refractivity contribution is 5.35. The van der Waals surface area contributed by atoms with Gasteiger partial charge in [-0.1, -0.05) is 125 Å². The Hall–Kier alpha value is -2.13. The van der Waals surface area contributed by atoms with E-state index in [9.17, 15) is 0 Å². The highest BCUT2D eigenvalue weighted by Gasteiger charge is 1.75. The third kappa shape index (κ3) is 72.7. The van der Waals surface area contributed by atoms with Crippen molar-refractivity contribution in [2.45, 2.75) is 117 Å². The van der Waals surface area contributed by atoms with Gasteiger partial charge in [0.2, 0.25) is 0 Å². The summed E-state index contributed by atoms with van der Waals surface area (Å²) in [6.45, 7) is 24.9. The second-order valence-corrected chi connectivity index (χ2v) is 5.79. The molecule has 1 aromatic heterocycles. The van der Waals surface area contributed by atoms with E-state index in [-0.39, 0.29) is 21.0 Å². The van der Waals surface area contributed by atoms with E-state index in [0.29, 0.717) is 0 Å². The van der Waals surface area contributed by atoms with Gasteiger partial charge in [-0.25, -0.2) is 0 Å². The molecular weight excluding hydrogens is 402 g/mol. The first-order valence-electron chi connectivity index (χ1n) is 11.7. The number of benzene rings is 1. The molecular formula is C30H65N3. The van der Waals surface area contributed by atoms with E-state index in [4.69, 9.17) is 5.73 Å². The molecule has 0 atom stereocenters. The minimum Gasteiger partial charge on any atom is -0.399 e. The third-order valence-corrected chi connectivity index (χ3v) is 3.07. The Morgan fingerprint density at radius 1 is 0.636 bits per heavy atom. The number of hydrogen-bond donors (Lipinski definition) is 2. The van der Waals surface area contributed by atoms with Gasteiger partial charge in [0, 0.05) is 18.1 Å². The van der Waals surface area contributed by atoms with Crippen LogP contribution in [0.25, 0.3) is 0 Å². The second kappa shape index (κ2) is 57.2. The maximum atomic E-state index is 5.36. The van der Waals surface area contributed by atoms with Crippen LogP contribution in [-0.4, -0.2) is 4.98 Å². The van der Waals surface area contributed by atoms with Gasteiger partial charge in [-0.05, 0) is 52.0 Å². The van der Waals surface area contributed by atoms with Gasteiger partial charge >= 0.3 is 0 Å². The van der Waals surface area contributed by atoms with Crippen LogP contribution in [0.15, 0.2) is 72.1 Å². The van der Waals surface area contributed by atoms with Crippen LogP contribution in [0.2, 0.25) is 0 Å². The molecule has 0 radical (unpaired) electrons. The summed E-state index contributed by atoms with van der Waals surface area (Å²) in [6.07, 6.45) is 7.58. The van der Waals surface area contributed by atoms with E-state index in [0.717, 1.165) is 5.69 Å². The topological polar surface area (TPSA) is 73.9 Å². The van der Waals surface area contributed by atoms with Gasteiger partial charge < -0.3 is 11.9 Å². The average molecular weight is 468 g/mol. The van der Waals surface area contributed by atoms with Crippen LogP contribution in [0.4, 0.5) is 5.69 Å². The monoisotopic (exact) mass is 468 g/mol. The quantitative estimate of drug-likeness (QED) is 0.340. The van der Waals surface area contributed by atoms with E-state index in [2.05, 4.69) is 46.5 Å². The molecule has 0 saturated heterocycles. The predicted molar refractivity (Wildman–Crippen MR) is 163 cm³/mol. The summed E-state index contributed by atoms with van der Waals surface area (Å²) in [6, 6.07) is 15.2. The van der Waals surface area contributed by atoms with Gasteiger partial charge in [0.15, 0.2) is 0 Å². The Kier molecular flexibility index (Phi) is 91.2. The zero-order chi connectivity index (χ0) is 24.6. The molecule has 0 saturated carbocycles. The smallest absolute Gasteiger partial charge is 0.0313 e. The van der Waals surface area contributed by atoms with Crippen molar-refractivity contribution in [1.29, 1.82) is 0 Å². The van der Waals surface area contributed by atoms with E-state index in [1.165, 1.54) is 30.4 Å². The van der Waals surface area contributed by atoms with Gasteiger partial charge in [0.25, 0.3) is 0 Å². The van der Waals surface area contributed by atoms with Gasteiger partial charge in [0.05, 0.1) is 0 Å². The number of nitrogens with zero attached hydrogens (tertiary/aromatic N) is 1. The first kappa shape index (κ1) is 52.7. The summed E-state index contributed by atoms with van der Waals surface area (Å²) in [4.78, 5) is 3.78. The Balaban J connectivity index is -0.0000000382. The van der Waals surface area contributed by atoms with Gasteiger partial charge in [-0.2, -0.15) is 0 Å². The second-order valence-electron chi connectivity index (χ2n) is 5.79. The Bertz CT molecular complexity index is 448. The number of anilines is 1. The summed E-state index contributed by atoms with van der Waals surface area (Å²) in [5.74, 6) is 0. The van der Waals surface area contributed by atoms with Crippen molar-refractivity contribution in [1.82, 2.24) is 11.1 Å². The molecule has 1 aromatic carbocycles. The highest BCUT2D eigenvalue weighted by Crippen LogP contribution is 1.97. The van der Waals surface area contributed by atoms with E-state index < -0.39 is 0 Å². The van der Waals surface area contributed by atoms with Crippen LogP contribution in [0.1, 0.15) is 117 Å². The molecule has 1 heterocycles. The maximum absolute atomic E-state index is 5.36. The Morgan fingerprint density at radius 3 is 1.03 bits per heavy atom. The number of para-hydroxylation sites is 1. The molecule has 2 rings (SSSR count). The first-order valence-corrected chi connectivity index (χ1v) is 11.7. The maximum Gasteiger partial charge on any atom is 0.0313 e. The van der Waals surface area contributed by atoms with Crippen molar-refractivity contribution in [3.63, 3.8) is 0 Å². The van der Waals surface area contributed by atoms with Crippen molar-refractivity contribution in [3.8, 4) is 0 Å². The standard InChI is InChI=1S/C6H7N.C6H12.C5H5N.C5H12.3C2H6.2CH4.H3N/c7-6-4-2-1-3-5-6;1-5(2)6(3)4;1-2-4-6-5-3-1;1-3-5-4-2;3*1-2;;;/h1-5H,7H2;1-4H3;1-5H;3-5H2,1-2H3;3*1-2H3;2*1H4;1H3. The van der Waals surface area contributed by atoms with Gasteiger partial charge in [0.1, 0.15) is 0 Å². The highest BCUT2D eigenvalue weighted by atomic mass is 14.6. The number of rotatable bonds is 2. The average Bonchev–Trinajstić information content (AvgIpc) is 2.81. The molecule has 0 aliphatic carbocycles. The summed E-state index contributed by atoms with van der Waals surface area (Å²) in [5.41, 5.74) is 9.03. The van der Waals surface area contributed by atoms with Crippen molar-refractivity contribution < 1.29 is 0 Å². The Morgan fingerprint density at radius 2 is 0.939 bits per heavy atom. The largest absolute Gasteiger partial charge is 0.399 e. The fourth-order valence-corrected chi connectivity index (χ4v) is 1.12. The molecule has 0 aliphatic rings. The van der Waals surface area contributed by atoms with Crippen molar-refractivity contribution in [2.75, 3.05) is 5.73 Å². The van der Waals surface area contributed by atoms with Crippen molar-refractivity contribution in [2.24, 2.45) is 0 Å². The van der Waals surface area contributed by atoms with E-state index in [1.54, 1.807) is 12.4 Å². The van der Waals surface area contributed by atoms with Crippen LogP contribution in [-0.2, 0) is 0 Å². The number of hydrogen-bond acceptors (Lipinski definition) is 3. The summed E-state index contributed by atoms with van der Waals surface area (Å²) >= 11 is 0.